The largest absolute Gasteiger partial charge is 0.462 e. The summed E-state index contributed by atoms with van der Waals surface area (Å²) in [6.45, 7) is 4.16. The lowest BCUT2D eigenvalue weighted by atomic mass is 9.93. The smallest absolute Gasteiger partial charge is 0.340 e. The van der Waals surface area contributed by atoms with Gasteiger partial charge in [-0.15, -0.1) is 0 Å². The Morgan fingerprint density at radius 1 is 0.800 bits per heavy atom. The van der Waals surface area contributed by atoms with Crippen LogP contribution in [0.1, 0.15) is 22.8 Å². The van der Waals surface area contributed by atoms with Crippen molar-refractivity contribution in [2.24, 2.45) is 0 Å². The number of aryl methyl sites for hydroxylation is 1. The first-order valence-electron chi connectivity index (χ1n) is 10.1. The number of benzene rings is 3. The van der Waals surface area contributed by atoms with E-state index in [0.29, 0.717) is 17.9 Å². The fourth-order valence-electron chi connectivity index (χ4n) is 3.48. The van der Waals surface area contributed by atoms with Gasteiger partial charge < -0.3 is 4.74 Å². The molecular formula is C27H23NO2. The van der Waals surface area contributed by atoms with E-state index < -0.39 is 0 Å². The van der Waals surface area contributed by atoms with Crippen LogP contribution in [0, 0.1) is 6.92 Å². The Hall–Kier alpha value is -3.72. The number of aromatic nitrogens is 1. The van der Waals surface area contributed by atoms with Crippen LogP contribution < -0.4 is 0 Å². The van der Waals surface area contributed by atoms with E-state index in [0.717, 1.165) is 33.5 Å². The Balaban J connectivity index is 2.04. The van der Waals surface area contributed by atoms with Crippen LogP contribution in [0.4, 0.5) is 0 Å². The van der Waals surface area contributed by atoms with E-state index >= 15 is 0 Å². The van der Waals surface area contributed by atoms with Gasteiger partial charge in [-0.05, 0) is 25.5 Å². The predicted molar refractivity (Wildman–Crippen MR) is 121 cm³/mol. The summed E-state index contributed by atoms with van der Waals surface area (Å²) in [5, 5.41) is 0. The Kier molecular flexibility index (Phi) is 5.71. The molecule has 3 aromatic carbocycles. The first-order chi connectivity index (χ1) is 14.7. The third-order valence-corrected chi connectivity index (χ3v) is 4.98. The molecule has 0 radical (unpaired) electrons. The molecule has 0 unspecified atom stereocenters. The quantitative estimate of drug-likeness (QED) is 0.360. The number of carbonyl (C=O) groups is 1. The summed E-state index contributed by atoms with van der Waals surface area (Å²) in [5.74, 6) is -0.362. The van der Waals surface area contributed by atoms with Gasteiger partial charge in [-0.1, -0.05) is 90.5 Å². The van der Waals surface area contributed by atoms with Gasteiger partial charge in [0.1, 0.15) is 0 Å². The van der Waals surface area contributed by atoms with Crippen molar-refractivity contribution in [3.8, 4) is 33.6 Å². The Bertz CT molecular complexity index is 1150. The summed E-state index contributed by atoms with van der Waals surface area (Å²) >= 11 is 0. The first kappa shape index (κ1) is 19.6. The molecule has 0 amide bonds. The molecule has 1 heterocycles. The number of esters is 1. The van der Waals surface area contributed by atoms with Gasteiger partial charge in [0.05, 0.1) is 23.6 Å². The van der Waals surface area contributed by atoms with Crippen molar-refractivity contribution in [3.05, 3.63) is 102 Å². The number of nitrogens with zero attached hydrogens (tertiary/aromatic N) is 1. The van der Waals surface area contributed by atoms with Crippen LogP contribution in [0.2, 0.25) is 0 Å². The maximum atomic E-state index is 13.1. The van der Waals surface area contributed by atoms with Crippen molar-refractivity contribution >= 4 is 5.97 Å². The zero-order valence-electron chi connectivity index (χ0n) is 17.1. The molecule has 0 bridgehead atoms. The van der Waals surface area contributed by atoms with E-state index in [1.807, 2.05) is 105 Å². The fourth-order valence-corrected chi connectivity index (χ4v) is 3.48. The average Bonchev–Trinajstić information content (AvgIpc) is 2.80. The minimum Gasteiger partial charge on any atom is -0.462 e. The minimum atomic E-state index is -0.362. The first-order valence-corrected chi connectivity index (χ1v) is 10.1. The number of rotatable bonds is 5. The minimum absolute atomic E-state index is 0.306. The molecule has 0 aliphatic carbocycles. The Labute approximate surface area is 177 Å². The van der Waals surface area contributed by atoms with Crippen LogP contribution >= 0.6 is 0 Å². The lowest BCUT2D eigenvalue weighted by Crippen LogP contribution is -2.10. The maximum Gasteiger partial charge on any atom is 0.340 e. The number of hydrogen-bond acceptors (Lipinski definition) is 3. The van der Waals surface area contributed by atoms with Crippen molar-refractivity contribution in [1.82, 2.24) is 4.98 Å². The van der Waals surface area contributed by atoms with Crippen LogP contribution in [-0.2, 0) is 4.74 Å². The highest BCUT2D eigenvalue weighted by Gasteiger charge is 2.23. The van der Waals surface area contributed by atoms with Crippen LogP contribution in [0.5, 0.6) is 0 Å². The highest BCUT2D eigenvalue weighted by molar-refractivity contribution is 6.04. The monoisotopic (exact) mass is 393 g/mol. The molecular weight excluding hydrogens is 370 g/mol. The number of hydrogen-bond donors (Lipinski definition) is 0. The fraction of sp³-hybridized carbons (Fsp3) is 0.111. The van der Waals surface area contributed by atoms with E-state index in [9.17, 15) is 4.79 Å². The lowest BCUT2D eigenvalue weighted by Gasteiger charge is -2.16. The maximum absolute atomic E-state index is 13.1. The predicted octanol–water partition coefficient (Wildman–Crippen LogP) is 6.57. The molecule has 3 heteroatoms. The zero-order valence-corrected chi connectivity index (χ0v) is 17.1. The Morgan fingerprint density at radius 2 is 1.40 bits per heavy atom. The molecule has 0 atom stereocenters. The van der Waals surface area contributed by atoms with Gasteiger partial charge in [0.15, 0.2) is 0 Å². The van der Waals surface area contributed by atoms with Gasteiger partial charge in [0, 0.05) is 16.7 Å². The summed E-state index contributed by atoms with van der Waals surface area (Å²) in [4.78, 5) is 18.0. The zero-order chi connectivity index (χ0) is 20.9. The summed E-state index contributed by atoms with van der Waals surface area (Å²) in [6.07, 6.45) is 0. The van der Waals surface area contributed by atoms with Gasteiger partial charge in [0.25, 0.3) is 0 Å². The van der Waals surface area contributed by atoms with Gasteiger partial charge in [-0.25, -0.2) is 9.78 Å². The van der Waals surface area contributed by atoms with Crippen molar-refractivity contribution < 1.29 is 9.53 Å². The SMILES string of the molecule is CCOC(=O)c1c(-c2ccccc2)cc(-c2ccccc2)nc1-c1ccc(C)cc1. The molecule has 0 aliphatic heterocycles. The van der Waals surface area contributed by atoms with E-state index in [2.05, 4.69) is 0 Å². The molecule has 4 aromatic rings. The normalized spacial score (nSPS) is 10.6. The summed E-state index contributed by atoms with van der Waals surface area (Å²) in [6, 6.07) is 30.0. The molecule has 148 valence electrons. The van der Waals surface area contributed by atoms with E-state index in [4.69, 9.17) is 9.72 Å². The summed E-state index contributed by atoms with van der Waals surface area (Å²) in [5.41, 5.74) is 6.75. The van der Waals surface area contributed by atoms with Crippen LogP contribution in [0.3, 0.4) is 0 Å². The molecule has 0 saturated heterocycles. The molecule has 30 heavy (non-hydrogen) atoms. The van der Waals surface area contributed by atoms with Crippen LogP contribution in [0.15, 0.2) is 91.0 Å². The topological polar surface area (TPSA) is 39.2 Å². The molecule has 1 aromatic heterocycles. The molecule has 0 spiro atoms. The van der Waals surface area contributed by atoms with Crippen molar-refractivity contribution in [2.45, 2.75) is 13.8 Å². The standard InChI is InChI=1S/C27H23NO2/c1-3-30-27(29)25-23(20-10-6-4-7-11-20)18-24(21-12-8-5-9-13-21)28-26(25)22-16-14-19(2)15-17-22/h4-18H,3H2,1-2H3. The highest BCUT2D eigenvalue weighted by atomic mass is 16.5. The molecule has 0 saturated carbocycles. The van der Waals surface area contributed by atoms with Gasteiger partial charge in [0.2, 0.25) is 0 Å². The van der Waals surface area contributed by atoms with Gasteiger partial charge in [-0.3, -0.25) is 0 Å². The molecule has 0 N–H and O–H groups in total. The van der Waals surface area contributed by atoms with Gasteiger partial charge in [-0.2, -0.15) is 0 Å². The number of pyridine rings is 1. The van der Waals surface area contributed by atoms with Crippen molar-refractivity contribution in [1.29, 1.82) is 0 Å². The second-order valence-electron chi connectivity index (χ2n) is 7.10. The number of ether oxygens (including phenoxy) is 1. The third-order valence-electron chi connectivity index (χ3n) is 4.98. The van der Waals surface area contributed by atoms with E-state index in [-0.39, 0.29) is 5.97 Å². The van der Waals surface area contributed by atoms with E-state index in [1.54, 1.807) is 0 Å². The third kappa shape index (κ3) is 4.01. The molecule has 4 rings (SSSR count). The van der Waals surface area contributed by atoms with Crippen LogP contribution in [0.25, 0.3) is 33.6 Å². The van der Waals surface area contributed by atoms with Crippen LogP contribution in [-0.4, -0.2) is 17.6 Å². The molecule has 0 aliphatic rings. The van der Waals surface area contributed by atoms with Crippen molar-refractivity contribution in [2.75, 3.05) is 6.61 Å². The summed E-state index contributed by atoms with van der Waals surface area (Å²) < 4.78 is 5.44. The van der Waals surface area contributed by atoms with Crippen molar-refractivity contribution in [3.63, 3.8) is 0 Å². The molecule has 0 fully saturated rings. The average molecular weight is 393 g/mol. The molecule has 3 nitrogen and oxygen atoms in total. The lowest BCUT2D eigenvalue weighted by molar-refractivity contribution is 0.0528. The highest BCUT2D eigenvalue weighted by Crippen LogP contribution is 2.35. The van der Waals surface area contributed by atoms with E-state index in [1.165, 1.54) is 0 Å². The second-order valence-corrected chi connectivity index (χ2v) is 7.10. The van der Waals surface area contributed by atoms with Gasteiger partial charge >= 0.3 is 5.97 Å². The summed E-state index contributed by atoms with van der Waals surface area (Å²) in [7, 11) is 0. The number of carbonyl (C=O) groups excluding carboxylic acids is 1. The Morgan fingerprint density at radius 3 is 2.00 bits per heavy atom. The second kappa shape index (κ2) is 8.75.